The zero-order valence-electron chi connectivity index (χ0n) is 7.78. The Bertz CT molecular complexity index is 478. The zero-order chi connectivity index (χ0) is 11.4. The minimum absolute atomic E-state index is 0.0674. The number of piperazine rings is 1. The maximum atomic E-state index is 11.4. The highest BCUT2D eigenvalue weighted by Gasteiger charge is 2.48. The van der Waals surface area contributed by atoms with Gasteiger partial charge in [-0.05, 0) is 0 Å². The van der Waals surface area contributed by atoms with Crippen LogP contribution in [0, 0.1) is 0 Å². The van der Waals surface area contributed by atoms with Crippen molar-refractivity contribution in [3.05, 3.63) is 11.6 Å². The summed E-state index contributed by atoms with van der Waals surface area (Å²) in [5, 5.41) is 0.135. The minimum atomic E-state index is -0.557. The molecule has 16 heavy (non-hydrogen) atoms. The highest BCUT2D eigenvalue weighted by Crippen LogP contribution is 2.32. The number of halogens is 2. The van der Waals surface area contributed by atoms with Crippen LogP contribution in [-0.2, 0) is 9.59 Å². The van der Waals surface area contributed by atoms with Crippen LogP contribution in [-0.4, -0.2) is 45.0 Å². The standard InChI is InChI=1S/C8H4Cl2N4O2/c9-3-4(10)12-5(11-3)6-13-1-2-14(6)8(16)7(13)15/h1-2H2. The topological polar surface area (TPSA) is 65.3 Å². The first-order chi connectivity index (χ1) is 7.59. The summed E-state index contributed by atoms with van der Waals surface area (Å²) < 4.78 is 0. The fourth-order valence-corrected chi connectivity index (χ4v) is 2.07. The van der Waals surface area contributed by atoms with Gasteiger partial charge in [-0.2, -0.15) is 0 Å². The molecule has 2 bridgehead atoms. The Morgan fingerprint density at radius 1 is 0.938 bits per heavy atom. The summed E-state index contributed by atoms with van der Waals surface area (Å²) in [4.78, 5) is 33.3. The lowest BCUT2D eigenvalue weighted by Gasteiger charge is -2.07. The van der Waals surface area contributed by atoms with Crippen LogP contribution in [0.2, 0.25) is 0 Å². The molecule has 0 aromatic heterocycles. The maximum Gasteiger partial charge on any atom is 0.318 e. The molecule has 82 valence electrons. The third-order valence-electron chi connectivity index (χ3n) is 2.51. The highest BCUT2D eigenvalue weighted by atomic mass is 35.5. The number of fused-ring (bicyclic) bond motifs is 2. The summed E-state index contributed by atoms with van der Waals surface area (Å²) >= 11 is 11.3. The third-order valence-corrected chi connectivity index (χ3v) is 3.13. The van der Waals surface area contributed by atoms with Crippen molar-refractivity contribution in [2.24, 2.45) is 9.98 Å². The van der Waals surface area contributed by atoms with Crippen molar-refractivity contribution in [3.63, 3.8) is 0 Å². The molecule has 3 aliphatic heterocycles. The second-order valence-electron chi connectivity index (χ2n) is 3.37. The summed E-state index contributed by atoms with van der Waals surface area (Å²) in [7, 11) is 0. The number of carbonyl (C=O) groups is 2. The SMILES string of the molecule is O=C1C(=O)N2CCN1C2=C1N=C(Cl)C(Cl)=N1. The van der Waals surface area contributed by atoms with Crippen molar-refractivity contribution >= 4 is 45.4 Å². The van der Waals surface area contributed by atoms with Gasteiger partial charge in [0.1, 0.15) is 0 Å². The molecule has 3 heterocycles. The first kappa shape index (κ1) is 9.80. The van der Waals surface area contributed by atoms with Crippen molar-refractivity contribution in [1.29, 1.82) is 0 Å². The molecule has 0 aliphatic carbocycles. The lowest BCUT2D eigenvalue weighted by Crippen LogP contribution is -2.36. The average molecular weight is 259 g/mol. The van der Waals surface area contributed by atoms with Gasteiger partial charge in [-0.3, -0.25) is 19.4 Å². The Morgan fingerprint density at radius 2 is 1.38 bits per heavy atom. The van der Waals surface area contributed by atoms with Crippen molar-refractivity contribution < 1.29 is 9.59 Å². The Balaban J connectivity index is 2.15. The number of rotatable bonds is 0. The molecule has 0 aromatic carbocycles. The van der Waals surface area contributed by atoms with E-state index in [1.165, 1.54) is 9.80 Å². The number of aliphatic imine (C=N–C) groups is 2. The number of carbonyl (C=O) groups excluding carboxylic acids is 2. The molecule has 2 amide bonds. The molecule has 3 aliphatic rings. The third kappa shape index (κ3) is 1.08. The van der Waals surface area contributed by atoms with E-state index >= 15 is 0 Å². The van der Waals surface area contributed by atoms with E-state index in [0.29, 0.717) is 18.9 Å². The Morgan fingerprint density at radius 3 is 1.81 bits per heavy atom. The van der Waals surface area contributed by atoms with Crippen LogP contribution in [0.4, 0.5) is 0 Å². The first-order valence-electron chi connectivity index (χ1n) is 4.46. The Hall–Kier alpha value is -1.40. The normalized spacial score (nSPS) is 23.6. The van der Waals surface area contributed by atoms with Crippen LogP contribution >= 0.6 is 23.2 Å². The molecule has 0 radical (unpaired) electrons. The summed E-state index contributed by atoms with van der Waals surface area (Å²) in [5.74, 6) is -0.521. The van der Waals surface area contributed by atoms with Gasteiger partial charge in [-0.25, -0.2) is 9.98 Å². The minimum Gasteiger partial charge on any atom is -0.285 e. The van der Waals surface area contributed by atoms with E-state index in [2.05, 4.69) is 9.98 Å². The van der Waals surface area contributed by atoms with Gasteiger partial charge in [0.2, 0.25) is 0 Å². The summed E-state index contributed by atoms with van der Waals surface area (Å²) in [5.41, 5.74) is 0. The predicted molar refractivity (Wildman–Crippen MR) is 57.0 cm³/mol. The van der Waals surface area contributed by atoms with Crippen molar-refractivity contribution in [3.8, 4) is 0 Å². The van der Waals surface area contributed by atoms with Gasteiger partial charge >= 0.3 is 11.8 Å². The predicted octanol–water partition coefficient (Wildman–Crippen LogP) is 0.0856. The second kappa shape index (κ2) is 3.05. The maximum absolute atomic E-state index is 11.4. The molecule has 0 saturated carbocycles. The van der Waals surface area contributed by atoms with E-state index < -0.39 is 11.8 Å². The van der Waals surface area contributed by atoms with Crippen LogP contribution in [0.1, 0.15) is 0 Å². The van der Waals surface area contributed by atoms with Crippen LogP contribution in [0.3, 0.4) is 0 Å². The van der Waals surface area contributed by atoms with Gasteiger partial charge in [0, 0.05) is 13.1 Å². The molecular weight excluding hydrogens is 255 g/mol. The summed E-state index contributed by atoms with van der Waals surface area (Å²) in [6.07, 6.45) is 0. The van der Waals surface area contributed by atoms with E-state index in [1.54, 1.807) is 0 Å². The number of nitrogens with zero attached hydrogens (tertiary/aromatic N) is 4. The molecule has 0 aromatic rings. The van der Waals surface area contributed by atoms with Gasteiger partial charge in [-0.1, -0.05) is 23.2 Å². The molecule has 6 nitrogen and oxygen atoms in total. The summed E-state index contributed by atoms with van der Waals surface area (Å²) in [6, 6.07) is 0. The molecule has 2 fully saturated rings. The van der Waals surface area contributed by atoms with Crippen molar-refractivity contribution in [1.82, 2.24) is 9.80 Å². The molecule has 2 saturated heterocycles. The highest BCUT2D eigenvalue weighted by molar-refractivity contribution is 7.01. The first-order valence-corrected chi connectivity index (χ1v) is 5.21. The second-order valence-corrected chi connectivity index (χ2v) is 4.08. The zero-order valence-corrected chi connectivity index (χ0v) is 9.29. The molecule has 3 rings (SSSR count). The Kier molecular flexibility index (Phi) is 1.87. The fraction of sp³-hybridized carbons (Fsp3) is 0.250. The number of hydrogen-bond donors (Lipinski definition) is 0. The Labute approximate surface area is 99.8 Å². The van der Waals surface area contributed by atoms with E-state index in [4.69, 9.17) is 23.2 Å². The van der Waals surface area contributed by atoms with Crippen LogP contribution in [0.25, 0.3) is 0 Å². The monoisotopic (exact) mass is 258 g/mol. The van der Waals surface area contributed by atoms with Gasteiger partial charge in [0.05, 0.1) is 0 Å². The molecule has 8 heteroatoms. The quantitative estimate of drug-likeness (QED) is 0.578. The van der Waals surface area contributed by atoms with Gasteiger partial charge in [-0.15, -0.1) is 0 Å². The van der Waals surface area contributed by atoms with Crippen molar-refractivity contribution in [2.45, 2.75) is 0 Å². The van der Waals surface area contributed by atoms with E-state index in [1.807, 2.05) is 0 Å². The molecule has 0 atom stereocenters. The van der Waals surface area contributed by atoms with Gasteiger partial charge in [0.25, 0.3) is 0 Å². The van der Waals surface area contributed by atoms with Crippen LogP contribution < -0.4 is 0 Å². The lowest BCUT2D eigenvalue weighted by atomic mass is 10.4. The van der Waals surface area contributed by atoms with E-state index in [-0.39, 0.29) is 16.2 Å². The van der Waals surface area contributed by atoms with Crippen molar-refractivity contribution in [2.75, 3.05) is 13.1 Å². The van der Waals surface area contributed by atoms with Gasteiger partial charge < -0.3 is 0 Å². The fourth-order valence-electron chi connectivity index (χ4n) is 1.83. The van der Waals surface area contributed by atoms with Crippen LogP contribution in [0.15, 0.2) is 21.6 Å². The number of amides is 2. The summed E-state index contributed by atoms with van der Waals surface area (Å²) in [6.45, 7) is 0.924. The molecule has 0 N–H and O–H groups in total. The largest absolute Gasteiger partial charge is 0.318 e. The smallest absolute Gasteiger partial charge is 0.285 e. The van der Waals surface area contributed by atoms with Gasteiger partial charge in [0.15, 0.2) is 22.0 Å². The van der Waals surface area contributed by atoms with E-state index in [9.17, 15) is 9.59 Å². The van der Waals surface area contributed by atoms with E-state index in [0.717, 1.165) is 0 Å². The van der Waals surface area contributed by atoms with Crippen LogP contribution in [0.5, 0.6) is 0 Å². The number of hydrogen-bond acceptors (Lipinski definition) is 4. The molecule has 0 spiro atoms. The molecular formula is C8H4Cl2N4O2. The average Bonchev–Trinajstić information content (AvgIpc) is 2.85. The molecule has 0 unspecified atom stereocenters. The lowest BCUT2D eigenvalue weighted by molar-refractivity contribution is -0.145.